The minimum absolute atomic E-state index is 0.00318. The molecule has 0 aliphatic heterocycles. The average molecular weight is 289 g/mol. The van der Waals surface area contributed by atoms with Gasteiger partial charge in [0.2, 0.25) is 5.91 Å². The van der Waals surface area contributed by atoms with E-state index < -0.39 is 11.4 Å². The fourth-order valence-corrected chi connectivity index (χ4v) is 2.82. The van der Waals surface area contributed by atoms with Crippen LogP contribution in [0.15, 0.2) is 24.3 Å². The van der Waals surface area contributed by atoms with Crippen LogP contribution in [0.1, 0.15) is 49.4 Å². The molecule has 0 bridgehead atoms. The molecule has 1 aliphatic carbocycles. The van der Waals surface area contributed by atoms with Crippen LogP contribution in [-0.2, 0) is 9.59 Å². The number of ketones is 1. The second-order valence-corrected chi connectivity index (χ2v) is 5.65. The third kappa shape index (κ3) is 3.48. The molecule has 1 aliphatic rings. The average Bonchev–Trinajstić information content (AvgIpc) is 2.89. The van der Waals surface area contributed by atoms with E-state index in [1.807, 2.05) is 0 Å². The van der Waals surface area contributed by atoms with Gasteiger partial charge in [-0.2, -0.15) is 0 Å². The lowest BCUT2D eigenvalue weighted by molar-refractivity contribution is -0.150. The Morgan fingerprint density at radius 3 is 2.19 bits per heavy atom. The number of carbonyl (C=O) groups excluding carboxylic acids is 2. The third-order valence-electron chi connectivity index (χ3n) is 4.09. The van der Waals surface area contributed by atoms with Gasteiger partial charge in [0, 0.05) is 17.7 Å². The van der Waals surface area contributed by atoms with Gasteiger partial charge in [0.05, 0.1) is 5.41 Å². The lowest BCUT2D eigenvalue weighted by Crippen LogP contribution is -2.32. The molecule has 1 fully saturated rings. The minimum Gasteiger partial charge on any atom is -0.481 e. The molecule has 2 N–H and O–H groups in total. The molecule has 0 atom stereocenters. The van der Waals surface area contributed by atoms with Crippen LogP contribution >= 0.6 is 0 Å². The molecule has 1 saturated carbocycles. The summed E-state index contributed by atoms with van der Waals surface area (Å²) in [6.07, 6.45) is 2.81. The van der Waals surface area contributed by atoms with Gasteiger partial charge in [-0.25, -0.2) is 0 Å². The Morgan fingerprint density at radius 1 is 1.14 bits per heavy atom. The maximum Gasteiger partial charge on any atom is 0.310 e. The summed E-state index contributed by atoms with van der Waals surface area (Å²) in [4.78, 5) is 34.6. The number of aliphatic carboxylic acids is 1. The number of hydrogen-bond donors (Lipinski definition) is 2. The molecule has 1 aromatic carbocycles. The highest BCUT2D eigenvalue weighted by molar-refractivity contribution is 5.96. The molecule has 2 rings (SSSR count). The standard InChI is InChI=1S/C16H19NO4/c1-11(18)12-4-6-13(7-5-12)17-14(19)10-16(15(20)21)8-2-3-9-16/h4-7H,2-3,8-10H2,1H3,(H,17,19)(H,20,21). The van der Waals surface area contributed by atoms with Crippen molar-refractivity contribution in [3.05, 3.63) is 29.8 Å². The molecule has 5 nitrogen and oxygen atoms in total. The number of hydrogen-bond acceptors (Lipinski definition) is 3. The highest BCUT2D eigenvalue weighted by Gasteiger charge is 2.42. The van der Waals surface area contributed by atoms with Crippen molar-refractivity contribution in [1.29, 1.82) is 0 Å². The van der Waals surface area contributed by atoms with Crippen LogP contribution in [0.3, 0.4) is 0 Å². The highest BCUT2D eigenvalue weighted by atomic mass is 16.4. The van der Waals surface area contributed by atoms with E-state index in [9.17, 15) is 19.5 Å². The first-order valence-corrected chi connectivity index (χ1v) is 7.07. The van der Waals surface area contributed by atoms with Gasteiger partial charge in [-0.05, 0) is 44.0 Å². The second kappa shape index (κ2) is 6.08. The topological polar surface area (TPSA) is 83.5 Å². The molecule has 5 heteroatoms. The van der Waals surface area contributed by atoms with Crippen LogP contribution in [0.4, 0.5) is 5.69 Å². The molecule has 0 saturated heterocycles. The molecule has 0 unspecified atom stereocenters. The van der Waals surface area contributed by atoms with Gasteiger partial charge < -0.3 is 10.4 Å². The van der Waals surface area contributed by atoms with E-state index >= 15 is 0 Å². The number of carboxylic acid groups (broad SMARTS) is 1. The van der Waals surface area contributed by atoms with Crippen molar-refractivity contribution in [2.45, 2.75) is 39.0 Å². The van der Waals surface area contributed by atoms with Gasteiger partial charge in [0.15, 0.2) is 5.78 Å². The van der Waals surface area contributed by atoms with Crippen molar-refractivity contribution in [2.75, 3.05) is 5.32 Å². The van der Waals surface area contributed by atoms with Crippen LogP contribution in [0, 0.1) is 5.41 Å². The quantitative estimate of drug-likeness (QED) is 0.816. The Morgan fingerprint density at radius 2 is 1.71 bits per heavy atom. The van der Waals surface area contributed by atoms with Gasteiger partial charge in [-0.15, -0.1) is 0 Å². The van der Waals surface area contributed by atoms with E-state index in [0.717, 1.165) is 12.8 Å². The number of carbonyl (C=O) groups is 3. The third-order valence-corrected chi connectivity index (χ3v) is 4.09. The van der Waals surface area contributed by atoms with E-state index in [4.69, 9.17) is 0 Å². The molecule has 0 spiro atoms. The molecule has 21 heavy (non-hydrogen) atoms. The van der Waals surface area contributed by atoms with Crippen LogP contribution < -0.4 is 5.32 Å². The van der Waals surface area contributed by atoms with Crippen molar-refractivity contribution >= 4 is 23.3 Å². The van der Waals surface area contributed by atoms with Gasteiger partial charge in [-0.3, -0.25) is 14.4 Å². The van der Waals surface area contributed by atoms with E-state index in [1.165, 1.54) is 6.92 Å². The zero-order valence-electron chi connectivity index (χ0n) is 12.0. The Bertz CT molecular complexity index is 556. The summed E-state index contributed by atoms with van der Waals surface area (Å²) in [5.74, 6) is -1.22. The van der Waals surface area contributed by atoms with E-state index in [1.54, 1.807) is 24.3 Å². The molecule has 112 valence electrons. The SMILES string of the molecule is CC(=O)c1ccc(NC(=O)CC2(C(=O)O)CCCC2)cc1. The van der Waals surface area contributed by atoms with Crippen LogP contribution in [0.2, 0.25) is 0 Å². The van der Waals surface area contributed by atoms with Crippen molar-refractivity contribution < 1.29 is 19.5 Å². The second-order valence-electron chi connectivity index (χ2n) is 5.65. The molecule has 1 amide bonds. The molecular formula is C16H19NO4. The number of benzene rings is 1. The summed E-state index contributed by atoms with van der Waals surface area (Å²) >= 11 is 0. The molecule has 0 heterocycles. The normalized spacial score (nSPS) is 16.4. The molecule has 1 aromatic rings. The molecule has 0 aromatic heterocycles. The number of anilines is 1. The summed E-state index contributed by atoms with van der Waals surface area (Å²) in [6, 6.07) is 6.58. The number of rotatable bonds is 5. The number of carboxylic acids is 1. The first-order valence-electron chi connectivity index (χ1n) is 7.07. The zero-order valence-corrected chi connectivity index (χ0v) is 12.0. The Balaban J connectivity index is 2.01. The van der Waals surface area contributed by atoms with E-state index in [-0.39, 0.29) is 18.1 Å². The van der Waals surface area contributed by atoms with Gasteiger partial charge in [0.1, 0.15) is 0 Å². The van der Waals surface area contributed by atoms with Crippen molar-refractivity contribution in [1.82, 2.24) is 0 Å². The monoisotopic (exact) mass is 289 g/mol. The van der Waals surface area contributed by atoms with Crippen LogP contribution in [0.5, 0.6) is 0 Å². The number of Topliss-reactive ketones (excluding diaryl/α,β-unsaturated/α-hetero) is 1. The van der Waals surface area contributed by atoms with Gasteiger partial charge >= 0.3 is 5.97 Å². The molecule has 0 radical (unpaired) electrons. The van der Waals surface area contributed by atoms with Gasteiger partial charge in [0.25, 0.3) is 0 Å². The first kappa shape index (κ1) is 15.2. The molecular weight excluding hydrogens is 270 g/mol. The Labute approximate surface area is 123 Å². The Kier molecular flexibility index (Phi) is 4.40. The zero-order chi connectivity index (χ0) is 15.5. The van der Waals surface area contributed by atoms with E-state index in [0.29, 0.717) is 24.1 Å². The largest absolute Gasteiger partial charge is 0.481 e. The lowest BCUT2D eigenvalue weighted by Gasteiger charge is -2.22. The predicted molar refractivity (Wildman–Crippen MR) is 78.2 cm³/mol. The first-order chi connectivity index (χ1) is 9.93. The highest BCUT2D eigenvalue weighted by Crippen LogP contribution is 2.41. The Hall–Kier alpha value is -2.17. The predicted octanol–water partition coefficient (Wildman–Crippen LogP) is 2.86. The number of nitrogens with one attached hydrogen (secondary N) is 1. The smallest absolute Gasteiger partial charge is 0.310 e. The summed E-state index contributed by atoms with van der Waals surface area (Å²) in [7, 11) is 0. The van der Waals surface area contributed by atoms with Crippen molar-refractivity contribution in [2.24, 2.45) is 5.41 Å². The summed E-state index contributed by atoms with van der Waals surface area (Å²) in [6.45, 7) is 1.48. The summed E-state index contributed by atoms with van der Waals surface area (Å²) in [5.41, 5.74) is 0.234. The summed E-state index contributed by atoms with van der Waals surface area (Å²) < 4.78 is 0. The lowest BCUT2D eigenvalue weighted by atomic mass is 9.82. The number of amides is 1. The summed E-state index contributed by atoms with van der Waals surface area (Å²) in [5, 5.41) is 12.1. The van der Waals surface area contributed by atoms with Crippen molar-refractivity contribution in [3.63, 3.8) is 0 Å². The van der Waals surface area contributed by atoms with Crippen LogP contribution in [-0.4, -0.2) is 22.8 Å². The maximum atomic E-state index is 12.1. The fraction of sp³-hybridized carbons (Fsp3) is 0.438. The fourth-order valence-electron chi connectivity index (χ4n) is 2.82. The van der Waals surface area contributed by atoms with Crippen molar-refractivity contribution in [3.8, 4) is 0 Å². The van der Waals surface area contributed by atoms with Crippen LogP contribution in [0.25, 0.3) is 0 Å². The van der Waals surface area contributed by atoms with Gasteiger partial charge in [-0.1, -0.05) is 12.8 Å². The minimum atomic E-state index is -0.913. The van der Waals surface area contributed by atoms with E-state index in [2.05, 4.69) is 5.32 Å². The maximum absolute atomic E-state index is 12.1.